The van der Waals surface area contributed by atoms with Gasteiger partial charge in [0.2, 0.25) is 0 Å². The highest BCUT2D eigenvalue weighted by Crippen LogP contribution is 2.32. The number of aliphatic hydroxyl groups excluding tert-OH is 1. The van der Waals surface area contributed by atoms with Crippen molar-refractivity contribution in [1.82, 2.24) is 0 Å². The second-order valence-corrected chi connectivity index (χ2v) is 5.19. The first-order chi connectivity index (χ1) is 10.1. The smallest absolute Gasteiger partial charge is 0.303 e. The van der Waals surface area contributed by atoms with Crippen molar-refractivity contribution in [2.24, 2.45) is 0 Å². The Morgan fingerprint density at radius 1 is 1.24 bits per heavy atom. The maximum absolute atomic E-state index is 11.0. The normalized spacial score (nSPS) is 35.8. The average molecular weight is 294 g/mol. The van der Waals surface area contributed by atoms with Crippen LogP contribution < -0.4 is 0 Å². The molecule has 1 aromatic carbocycles. The molecule has 21 heavy (non-hydrogen) atoms. The number of carbonyl (C=O) groups excluding carboxylic acids is 1. The SMILES string of the molecule is CC(=O)O[C@H]1CO[C@@H]2COC(c3ccccc3)O[C@H]2[C@@H]1O. The number of fused-ring (bicyclic) bond motifs is 1. The summed E-state index contributed by atoms with van der Waals surface area (Å²) < 4.78 is 22.1. The molecule has 0 saturated carbocycles. The van der Waals surface area contributed by atoms with E-state index in [1.54, 1.807) is 0 Å². The molecule has 0 radical (unpaired) electrons. The fourth-order valence-electron chi connectivity index (χ4n) is 2.62. The molecule has 3 rings (SSSR count). The van der Waals surface area contributed by atoms with Crippen LogP contribution >= 0.6 is 0 Å². The number of esters is 1. The van der Waals surface area contributed by atoms with Crippen LogP contribution in [0.25, 0.3) is 0 Å². The van der Waals surface area contributed by atoms with Crippen molar-refractivity contribution < 1.29 is 28.8 Å². The highest BCUT2D eigenvalue weighted by molar-refractivity contribution is 5.66. The molecule has 0 amide bonds. The fraction of sp³-hybridized carbons (Fsp3) is 0.533. The van der Waals surface area contributed by atoms with Gasteiger partial charge in [-0.25, -0.2) is 0 Å². The first-order valence-corrected chi connectivity index (χ1v) is 6.94. The summed E-state index contributed by atoms with van der Waals surface area (Å²) in [6.45, 7) is 1.77. The molecule has 0 bridgehead atoms. The van der Waals surface area contributed by atoms with Crippen molar-refractivity contribution in [3.8, 4) is 0 Å². The molecule has 2 fully saturated rings. The first-order valence-electron chi connectivity index (χ1n) is 6.94. The van der Waals surface area contributed by atoms with Crippen molar-refractivity contribution in [3.05, 3.63) is 35.9 Å². The lowest BCUT2D eigenvalue weighted by molar-refractivity contribution is -0.314. The van der Waals surface area contributed by atoms with Crippen molar-refractivity contribution >= 4 is 5.97 Å². The Hall–Kier alpha value is -1.47. The summed E-state index contributed by atoms with van der Waals surface area (Å²) in [7, 11) is 0. The topological polar surface area (TPSA) is 74.2 Å². The number of rotatable bonds is 2. The monoisotopic (exact) mass is 294 g/mol. The largest absolute Gasteiger partial charge is 0.457 e. The zero-order valence-corrected chi connectivity index (χ0v) is 11.7. The maximum Gasteiger partial charge on any atom is 0.303 e. The third-order valence-corrected chi connectivity index (χ3v) is 3.64. The second kappa shape index (κ2) is 6.11. The Labute approximate surface area is 122 Å². The number of aliphatic hydroxyl groups is 1. The molecule has 1 N–H and O–H groups in total. The van der Waals surface area contributed by atoms with Gasteiger partial charge in [-0.1, -0.05) is 30.3 Å². The van der Waals surface area contributed by atoms with Gasteiger partial charge in [0.1, 0.15) is 18.3 Å². The summed E-state index contributed by atoms with van der Waals surface area (Å²) in [6.07, 6.45) is -3.13. The van der Waals surface area contributed by atoms with Gasteiger partial charge in [0, 0.05) is 12.5 Å². The number of ether oxygens (including phenoxy) is 4. The predicted octanol–water partition coefficient (Wildman–Crippen LogP) is 0.792. The average Bonchev–Trinajstić information content (AvgIpc) is 2.50. The highest BCUT2D eigenvalue weighted by Gasteiger charge is 2.46. The van der Waals surface area contributed by atoms with Crippen LogP contribution in [-0.4, -0.2) is 48.7 Å². The maximum atomic E-state index is 11.0. The molecular weight excluding hydrogens is 276 g/mol. The standard InChI is InChI=1S/C15H18O6/c1-9(16)20-11-7-18-12-8-19-15(21-14(12)13(11)17)10-5-3-2-4-6-10/h2-6,11-15,17H,7-8H2,1H3/t11-,12+,13+,14+,15?/m0/s1. The second-order valence-electron chi connectivity index (χ2n) is 5.19. The third-order valence-electron chi connectivity index (χ3n) is 3.64. The lowest BCUT2D eigenvalue weighted by atomic mass is 9.99. The Morgan fingerprint density at radius 2 is 2.00 bits per heavy atom. The molecule has 2 aliphatic heterocycles. The summed E-state index contributed by atoms with van der Waals surface area (Å²) in [6, 6.07) is 9.48. The van der Waals surface area contributed by atoms with Crippen molar-refractivity contribution in [1.29, 1.82) is 0 Å². The van der Waals surface area contributed by atoms with Crippen molar-refractivity contribution in [3.63, 3.8) is 0 Å². The lowest BCUT2D eigenvalue weighted by Crippen LogP contribution is -2.59. The summed E-state index contributed by atoms with van der Waals surface area (Å²) >= 11 is 0. The lowest BCUT2D eigenvalue weighted by Gasteiger charge is -2.44. The van der Waals surface area contributed by atoms with Gasteiger partial charge >= 0.3 is 5.97 Å². The summed E-state index contributed by atoms with van der Waals surface area (Å²) in [5, 5.41) is 10.3. The van der Waals surface area contributed by atoms with E-state index in [0.29, 0.717) is 6.61 Å². The van der Waals surface area contributed by atoms with E-state index in [4.69, 9.17) is 18.9 Å². The van der Waals surface area contributed by atoms with Crippen LogP contribution in [0.4, 0.5) is 0 Å². The quantitative estimate of drug-likeness (QED) is 0.813. The molecule has 0 aromatic heterocycles. The van der Waals surface area contributed by atoms with Gasteiger partial charge in [0.15, 0.2) is 12.4 Å². The number of hydrogen-bond donors (Lipinski definition) is 1. The molecule has 6 nitrogen and oxygen atoms in total. The molecule has 1 unspecified atom stereocenters. The number of carbonyl (C=O) groups is 1. The molecule has 1 aromatic rings. The van der Waals surface area contributed by atoms with E-state index < -0.39 is 30.6 Å². The number of benzene rings is 1. The van der Waals surface area contributed by atoms with Gasteiger partial charge in [-0.2, -0.15) is 0 Å². The van der Waals surface area contributed by atoms with E-state index in [-0.39, 0.29) is 12.7 Å². The van der Waals surface area contributed by atoms with Crippen LogP contribution in [0.2, 0.25) is 0 Å². The molecule has 2 aliphatic rings. The zero-order valence-electron chi connectivity index (χ0n) is 11.7. The van der Waals surface area contributed by atoms with E-state index in [0.717, 1.165) is 5.56 Å². The minimum Gasteiger partial charge on any atom is -0.457 e. The zero-order chi connectivity index (χ0) is 14.8. The third kappa shape index (κ3) is 3.08. The van der Waals surface area contributed by atoms with E-state index in [2.05, 4.69) is 0 Å². The Morgan fingerprint density at radius 3 is 2.71 bits per heavy atom. The van der Waals surface area contributed by atoms with Gasteiger partial charge in [0.25, 0.3) is 0 Å². The molecular formula is C15H18O6. The van der Waals surface area contributed by atoms with Gasteiger partial charge < -0.3 is 24.1 Å². The van der Waals surface area contributed by atoms with E-state index in [1.807, 2.05) is 30.3 Å². The summed E-state index contributed by atoms with van der Waals surface area (Å²) in [4.78, 5) is 11.0. The van der Waals surface area contributed by atoms with Crippen LogP contribution in [0, 0.1) is 0 Å². The molecule has 6 heteroatoms. The minimum absolute atomic E-state index is 0.143. The van der Waals surface area contributed by atoms with E-state index in [1.165, 1.54) is 6.92 Å². The van der Waals surface area contributed by atoms with Gasteiger partial charge in [-0.15, -0.1) is 0 Å². The van der Waals surface area contributed by atoms with Crippen LogP contribution in [0.5, 0.6) is 0 Å². The van der Waals surface area contributed by atoms with Gasteiger partial charge in [-0.05, 0) is 0 Å². The highest BCUT2D eigenvalue weighted by atomic mass is 16.7. The molecule has 2 saturated heterocycles. The Bertz CT molecular complexity index is 490. The van der Waals surface area contributed by atoms with Crippen LogP contribution in [0.15, 0.2) is 30.3 Å². The van der Waals surface area contributed by atoms with Crippen LogP contribution in [0.1, 0.15) is 18.8 Å². The number of hydrogen-bond acceptors (Lipinski definition) is 6. The van der Waals surface area contributed by atoms with Crippen molar-refractivity contribution in [2.75, 3.05) is 13.2 Å². The van der Waals surface area contributed by atoms with E-state index in [9.17, 15) is 9.90 Å². The van der Waals surface area contributed by atoms with Crippen LogP contribution in [0.3, 0.4) is 0 Å². The molecule has 114 valence electrons. The molecule has 0 spiro atoms. The van der Waals surface area contributed by atoms with Gasteiger partial charge in [-0.3, -0.25) is 4.79 Å². The molecule has 0 aliphatic carbocycles. The van der Waals surface area contributed by atoms with Gasteiger partial charge in [0.05, 0.1) is 13.2 Å². The molecule has 5 atom stereocenters. The first kappa shape index (κ1) is 14.5. The van der Waals surface area contributed by atoms with E-state index >= 15 is 0 Å². The fourth-order valence-corrected chi connectivity index (χ4v) is 2.62. The predicted molar refractivity (Wildman–Crippen MR) is 71.3 cm³/mol. The molecule has 2 heterocycles. The van der Waals surface area contributed by atoms with Crippen LogP contribution in [-0.2, 0) is 23.7 Å². The summed E-state index contributed by atoms with van der Waals surface area (Å²) in [5.74, 6) is -0.451. The van der Waals surface area contributed by atoms with Crippen molar-refractivity contribution in [2.45, 2.75) is 37.6 Å². The summed E-state index contributed by atoms with van der Waals surface area (Å²) in [5.41, 5.74) is 0.873. The Kier molecular flexibility index (Phi) is 4.21. The Balaban J connectivity index is 1.71. The minimum atomic E-state index is -0.928.